The van der Waals surface area contributed by atoms with Gasteiger partial charge in [0.1, 0.15) is 12.7 Å². The first-order valence-electron chi connectivity index (χ1n) is 6.25. The second kappa shape index (κ2) is 7.79. The molecule has 0 bridgehead atoms. The summed E-state index contributed by atoms with van der Waals surface area (Å²) in [6.45, 7) is 0.914. The highest BCUT2D eigenvalue weighted by Gasteiger charge is 2.30. The number of aromatic nitrogens is 3. The van der Waals surface area contributed by atoms with Crippen molar-refractivity contribution in [2.75, 3.05) is 6.54 Å². The van der Waals surface area contributed by atoms with Crippen LogP contribution in [0.1, 0.15) is 22.3 Å². The van der Waals surface area contributed by atoms with E-state index in [-0.39, 0.29) is 18.0 Å². The number of aryl methyl sites for hydroxylation is 1. The van der Waals surface area contributed by atoms with Crippen molar-refractivity contribution in [3.63, 3.8) is 0 Å². The van der Waals surface area contributed by atoms with Gasteiger partial charge in [0.05, 0.1) is 5.56 Å². The molecule has 0 saturated heterocycles. The van der Waals surface area contributed by atoms with Gasteiger partial charge in [0, 0.05) is 18.7 Å². The van der Waals surface area contributed by atoms with E-state index in [4.69, 9.17) is 0 Å². The van der Waals surface area contributed by atoms with E-state index in [1.807, 2.05) is 0 Å². The number of alkyl halides is 3. The van der Waals surface area contributed by atoms with Crippen LogP contribution in [0.5, 0.6) is 0 Å². The third kappa shape index (κ3) is 5.03. The zero-order valence-corrected chi connectivity index (χ0v) is 12.2. The Labute approximate surface area is 131 Å². The Morgan fingerprint density at radius 2 is 2.09 bits per heavy atom. The number of amides is 1. The van der Waals surface area contributed by atoms with Gasteiger partial charge in [-0.1, -0.05) is 6.07 Å². The SMILES string of the molecule is Cl.O=C(NCCCn1cncn1)c1cccc(C(F)(F)F)c1. The van der Waals surface area contributed by atoms with E-state index in [0.29, 0.717) is 19.5 Å². The first-order valence-corrected chi connectivity index (χ1v) is 6.25. The molecule has 1 amide bonds. The van der Waals surface area contributed by atoms with Crippen LogP contribution in [0.15, 0.2) is 36.9 Å². The first kappa shape index (κ1) is 18.0. The summed E-state index contributed by atoms with van der Waals surface area (Å²) in [5, 5.41) is 6.47. The van der Waals surface area contributed by atoms with Crippen LogP contribution in [-0.4, -0.2) is 27.2 Å². The van der Waals surface area contributed by atoms with Crippen molar-refractivity contribution in [1.29, 1.82) is 0 Å². The normalized spacial score (nSPS) is 10.9. The van der Waals surface area contributed by atoms with Gasteiger partial charge < -0.3 is 5.32 Å². The highest BCUT2D eigenvalue weighted by molar-refractivity contribution is 5.94. The van der Waals surface area contributed by atoms with Crippen molar-refractivity contribution < 1.29 is 18.0 Å². The zero-order chi connectivity index (χ0) is 15.3. The lowest BCUT2D eigenvalue weighted by Gasteiger charge is -2.09. The maximum atomic E-state index is 12.5. The van der Waals surface area contributed by atoms with Crippen LogP contribution in [0.25, 0.3) is 0 Å². The van der Waals surface area contributed by atoms with Gasteiger partial charge in [-0.15, -0.1) is 12.4 Å². The number of nitrogens with zero attached hydrogens (tertiary/aromatic N) is 3. The van der Waals surface area contributed by atoms with Gasteiger partial charge in [0.25, 0.3) is 5.91 Å². The molecule has 1 N–H and O–H groups in total. The number of halogens is 4. The fourth-order valence-corrected chi connectivity index (χ4v) is 1.73. The molecule has 0 spiro atoms. The van der Waals surface area contributed by atoms with Crippen LogP contribution in [0.4, 0.5) is 13.2 Å². The van der Waals surface area contributed by atoms with Crippen molar-refractivity contribution >= 4 is 18.3 Å². The minimum absolute atomic E-state index is 0. The van der Waals surface area contributed by atoms with Crippen LogP contribution < -0.4 is 5.32 Å². The molecule has 0 saturated carbocycles. The summed E-state index contributed by atoms with van der Waals surface area (Å²) in [5.74, 6) is -0.528. The number of rotatable bonds is 5. The second-order valence-corrected chi connectivity index (χ2v) is 4.35. The summed E-state index contributed by atoms with van der Waals surface area (Å²) in [6.07, 6.45) is -0.896. The van der Waals surface area contributed by atoms with Gasteiger partial charge in [-0.05, 0) is 24.6 Å². The van der Waals surface area contributed by atoms with Crippen LogP contribution in [-0.2, 0) is 12.7 Å². The van der Waals surface area contributed by atoms with Gasteiger partial charge in [-0.25, -0.2) is 4.98 Å². The minimum Gasteiger partial charge on any atom is -0.352 e. The van der Waals surface area contributed by atoms with E-state index in [2.05, 4.69) is 15.4 Å². The van der Waals surface area contributed by atoms with E-state index in [1.165, 1.54) is 18.5 Å². The second-order valence-electron chi connectivity index (χ2n) is 4.35. The van der Waals surface area contributed by atoms with Crippen LogP contribution in [0.3, 0.4) is 0 Å². The first-order chi connectivity index (χ1) is 9.97. The molecule has 0 atom stereocenters. The van der Waals surface area contributed by atoms with E-state index in [0.717, 1.165) is 12.1 Å². The van der Waals surface area contributed by atoms with Crippen LogP contribution in [0, 0.1) is 0 Å². The molecule has 22 heavy (non-hydrogen) atoms. The smallest absolute Gasteiger partial charge is 0.352 e. The Bertz CT molecular complexity index is 602. The number of hydrogen-bond acceptors (Lipinski definition) is 3. The molecular formula is C13H14ClF3N4O. The number of hydrogen-bond donors (Lipinski definition) is 1. The fraction of sp³-hybridized carbons (Fsp3) is 0.308. The number of carbonyl (C=O) groups is 1. The van der Waals surface area contributed by atoms with Crippen molar-refractivity contribution in [3.8, 4) is 0 Å². The summed E-state index contributed by atoms with van der Waals surface area (Å²) < 4.78 is 39.3. The molecule has 2 aromatic rings. The Kier molecular flexibility index (Phi) is 6.36. The van der Waals surface area contributed by atoms with Gasteiger partial charge >= 0.3 is 6.18 Å². The van der Waals surface area contributed by atoms with Crippen molar-refractivity contribution in [2.45, 2.75) is 19.1 Å². The molecule has 120 valence electrons. The predicted octanol–water partition coefficient (Wildman–Crippen LogP) is 2.54. The molecule has 2 rings (SSSR count). The molecular weight excluding hydrogens is 321 g/mol. The summed E-state index contributed by atoms with van der Waals surface area (Å²) in [6, 6.07) is 4.34. The average Bonchev–Trinajstić information content (AvgIpc) is 2.96. The van der Waals surface area contributed by atoms with Crippen LogP contribution in [0.2, 0.25) is 0 Å². The Morgan fingerprint density at radius 1 is 1.32 bits per heavy atom. The summed E-state index contributed by atoms with van der Waals surface area (Å²) in [5.41, 5.74) is -0.844. The maximum absolute atomic E-state index is 12.5. The highest BCUT2D eigenvalue weighted by atomic mass is 35.5. The molecule has 0 aliphatic carbocycles. The quantitative estimate of drug-likeness (QED) is 0.855. The third-order valence-electron chi connectivity index (χ3n) is 2.77. The van der Waals surface area contributed by atoms with Gasteiger partial charge in [-0.2, -0.15) is 18.3 Å². The van der Waals surface area contributed by atoms with Crippen LogP contribution >= 0.6 is 12.4 Å². The van der Waals surface area contributed by atoms with E-state index >= 15 is 0 Å². The third-order valence-corrected chi connectivity index (χ3v) is 2.77. The summed E-state index contributed by atoms with van der Waals surface area (Å²) in [4.78, 5) is 15.5. The van der Waals surface area contributed by atoms with Crippen molar-refractivity contribution in [1.82, 2.24) is 20.1 Å². The fourth-order valence-electron chi connectivity index (χ4n) is 1.73. The predicted molar refractivity (Wildman–Crippen MR) is 75.7 cm³/mol. The van der Waals surface area contributed by atoms with Gasteiger partial charge in [0.15, 0.2) is 0 Å². The largest absolute Gasteiger partial charge is 0.416 e. The number of carbonyl (C=O) groups excluding carboxylic acids is 1. The standard InChI is InChI=1S/C13H13F3N4O.ClH/c14-13(15,16)11-4-1-3-10(7-11)12(21)18-5-2-6-20-9-17-8-19-20;/h1,3-4,7-9H,2,5-6H2,(H,18,21);1H. The monoisotopic (exact) mass is 334 g/mol. The van der Waals surface area contributed by atoms with Crippen molar-refractivity contribution in [2.24, 2.45) is 0 Å². The molecule has 5 nitrogen and oxygen atoms in total. The summed E-state index contributed by atoms with van der Waals surface area (Å²) >= 11 is 0. The van der Waals surface area contributed by atoms with E-state index in [1.54, 1.807) is 11.0 Å². The summed E-state index contributed by atoms with van der Waals surface area (Å²) in [7, 11) is 0. The molecule has 0 radical (unpaired) electrons. The van der Waals surface area contributed by atoms with Crippen molar-refractivity contribution in [3.05, 3.63) is 48.0 Å². The molecule has 0 aliphatic rings. The molecule has 0 fully saturated rings. The molecule has 1 heterocycles. The van der Waals surface area contributed by atoms with Gasteiger partial charge in [0.2, 0.25) is 0 Å². The lowest BCUT2D eigenvalue weighted by molar-refractivity contribution is -0.137. The number of nitrogens with one attached hydrogen (secondary N) is 1. The lowest BCUT2D eigenvalue weighted by atomic mass is 10.1. The molecule has 1 aromatic carbocycles. The van der Waals surface area contributed by atoms with E-state index < -0.39 is 17.6 Å². The van der Waals surface area contributed by atoms with Gasteiger partial charge in [-0.3, -0.25) is 9.48 Å². The Balaban J connectivity index is 0.00000242. The molecule has 0 aliphatic heterocycles. The number of benzene rings is 1. The highest BCUT2D eigenvalue weighted by Crippen LogP contribution is 2.29. The topological polar surface area (TPSA) is 59.8 Å². The molecule has 1 aromatic heterocycles. The Morgan fingerprint density at radius 3 is 2.73 bits per heavy atom. The maximum Gasteiger partial charge on any atom is 0.416 e. The zero-order valence-electron chi connectivity index (χ0n) is 11.4. The van der Waals surface area contributed by atoms with E-state index in [9.17, 15) is 18.0 Å². The lowest BCUT2D eigenvalue weighted by Crippen LogP contribution is -2.25. The minimum atomic E-state index is -4.45. The molecule has 0 unspecified atom stereocenters. The average molecular weight is 335 g/mol. The Hall–Kier alpha value is -2.09. The molecule has 9 heteroatoms.